The molecule has 45 heavy (non-hydrogen) atoms. The molecular formula is C43H55O2. The van der Waals surface area contributed by atoms with Crippen LogP contribution in [0.2, 0.25) is 0 Å². The summed E-state index contributed by atoms with van der Waals surface area (Å²) in [6, 6.07) is 39.0. The van der Waals surface area contributed by atoms with E-state index in [4.69, 9.17) is 9.47 Å². The Morgan fingerprint density at radius 1 is 0.489 bits per heavy atom. The second kappa shape index (κ2) is 21.4. The maximum absolute atomic E-state index is 5.91. The van der Waals surface area contributed by atoms with E-state index in [9.17, 15) is 0 Å². The SMILES string of the molecule is CC.CCC.CCC.CCc1ccc(Oc2cccc(Oc3ccc(CC)cc3)c2)cc1.[CH]1C=C1c1cccc2ccccc12.[HH]. The third-order valence-corrected chi connectivity index (χ3v) is 6.37. The number of hydrogen-bond donors (Lipinski definition) is 0. The summed E-state index contributed by atoms with van der Waals surface area (Å²) < 4.78 is 11.8. The van der Waals surface area contributed by atoms with E-state index < -0.39 is 0 Å². The predicted octanol–water partition coefficient (Wildman–Crippen LogP) is 13.9. The molecule has 0 aromatic heterocycles. The lowest BCUT2D eigenvalue weighted by molar-refractivity contribution is 0.460. The van der Waals surface area contributed by atoms with Crippen molar-refractivity contribution < 1.29 is 10.9 Å². The maximum Gasteiger partial charge on any atom is 0.131 e. The van der Waals surface area contributed by atoms with Crippen LogP contribution in [0.15, 0.2) is 121 Å². The van der Waals surface area contributed by atoms with Crippen molar-refractivity contribution in [1.29, 1.82) is 0 Å². The fourth-order valence-corrected chi connectivity index (χ4v) is 4.16. The topological polar surface area (TPSA) is 18.5 Å². The molecule has 0 unspecified atom stereocenters. The van der Waals surface area contributed by atoms with Crippen molar-refractivity contribution in [3.63, 3.8) is 0 Å². The van der Waals surface area contributed by atoms with Gasteiger partial charge in [-0.05, 0) is 82.3 Å². The van der Waals surface area contributed by atoms with Gasteiger partial charge in [-0.15, -0.1) is 0 Å². The van der Waals surface area contributed by atoms with Gasteiger partial charge in [-0.1, -0.05) is 147 Å². The fraction of sp³-hybridized carbons (Fsp3) is 0.279. The van der Waals surface area contributed by atoms with Gasteiger partial charge in [0.25, 0.3) is 0 Å². The Morgan fingerprint density at radius 2 is 0.911 bits per heavy atom. The highest BCUT2D eigenvalue weighted by atomic mass is 16.5. The number of ether oxygens (including phenoxy) is 2. The third kappa shape index (κ3) is 13.1. The first-order valence-corrected chi connectivity index (χ1v) is 16.7. The van der Waals surface area contributed by atoms with Gasteiger partial charge in [0.15, 0.2) is 0 Å². The van der Waals surface area contributed by atoms with Crippen LogP contribution in [0, 0.1) is 6.42 Å². The van der Waals surface area contributed by atoms with E-state index in [1.165, 1.54) is 45.9 Å². The Hall–Kier alpha value is -4.30. The molecule has 2 nitrogen and oxygen atoms in total. The minimum Gasteiger partial charge on any atom is -0.457 e. The molecule has 0 heterocycles. The van der Waals surface area contributed by atoms with Crippen LogP contribution in [0.4, 0.5) is 0 Å². The highest BCUT2D eigenvalue weighted by molar-refractivity contribution is 6.01. The van der Waals surface area contributed by atoms with Crippen LogP contribution in [0.3, 0.4) is 0 Å². The Bertz CT molecular complexity index is 1460. The van der Waals surface area contributed by atoms with Crippen molar-refractivity contribution in [2.75, 3.05) is 0 Å². The monoisotopic (exact) mass is 603 g/mol. The molecule has 5 aromatic carbocycles. The van der Waals surface area contributed by atoms with Crippen molar-refractivity contribution in [3.05, 3.63) is 144 Å². The van der Waals surface area contributed by atoms with Gasteiger partial charge in [0.05, 0.1) is 0 Å². The largest absolute Gasteiger partial charge is 0.457 e. The van der Waals surface area contributed by atoms with E-state index in [1.807, 2.05) is 62.4 Å². The summed E-state index contributed by atoms with van der Waals surface area (Å²) in [6.07, 6.45) is 8.87. The standard InChI is InChI=1S/C22H22O2.C13H9.2C3H8.C2H6.H2/c1-3-17-8-12-19(13-9-17)23-21-6-5-7-22(16-21)24-20-14-10-18(4-2)11-15-20;1-2-6-12-10(4-1)5-3-7-13(12)11-8-9-11;2*1-3-2;1-2;/h5-16H,3-4H2,1-2H3;1-9H;2*3H2,1-2H3;1-2H3;1H. The molecule has 0 saturated carbocycles. The number of benzene rings is 5. The van der Waals surface area contributed by atoms with E-state index in [1.54, 1.807) is 0 Å². The zero-order valence-corrected chi connectivity index (χ0v) is 28.8. The van der Waals surface area contributed by atoms with Crippen molar-refractivity contribution in [2.24, 2.45) is 0 Å². The van der Waals surface area contributed by atoms with Gasteiger partial charge < -0.3 is 9.47 Å². The molecule has 0 atom stereocenters. The smallest absolute Gasteiger partial charge is 0.131 e. The molecule has 0 spiro atoms. The summed E-state index contributed by atoms with van der Waals surface area (Å²) in [4.78, 5) is 0. The molecule has 1 aliphatic carbocycles. The average Bonchev–Trinajstić information content (AvgIpc) is 3.93. The number of aryl methyl sites for hydroxylation is 2. The second-order valence-corrected chi connectivity index (χ2v) is 10.4. The van der Waals surface area contributed by atoms with Gasteiger partial charge in [-0.2, -0.15) is 0 Å². The Labute approximate surface area is 275 Å². The first-order valence-electron chi connectivity index (χ1n) is 16.7. The van der Waals surface area contributed by atoms with Crippen LogP contribution < -0.4 is 9.47 Å². The highest BCUT2D eigenvalue weighted by Crippen LogP contribution is 2.34. The van der Waals surface area contributed by atoms with E-state index >= 15 is 0 Å². The van der Waals surface area contributed by atoms with Crippen LogP contribution in [-0.4, -0.2) is 0 Å². The van der Waals surface area contributed by atoms with Crippen molar-refractivity contribution >= 4 is 16.3 Å². The van der Waals surface area contributed by atoms with Gasteiger partial charge in [0.2, 0.25) is 0 Å². The average molecular weight is 604 g/mol. The third-order valence-electron chi connectivity index (χ3n) is 6.37. The molecule has 0 fully saturated rings. The van der Waals surface area contributed by atoms with Crippen LogP contribution in [0.5, 0.6) is 23.0 Å². The van der Waals surface area contributed by atoms with Crippen LogP contribution >= 0.6 is 0 Å². The lowest BCUT2D eigenvalue weighted by atomic mass is 10.0. The number of rotatable bonds is 7. The van der Waals surface area contributed by atoms with Gasteiger partial charge in [0, 0.05) is 13.9 Å². The van der Waals surface area contributed by atoms with Gasteiger partial charge in [0.1, 0.15) is 23.0 Å². The van der Waals surface area contributed by atoms with E-state index in [-0.39, 0.29) is 1.43 Å². The summed E-state index contributed by atoms with van der Waals surface area (Å²) in [5.41, 5.74) is 5.33. The Balaban J connectivity index is 0.000000403. The maximum atomic E-state index is 5.91. The quantitative estimate of drug-likeness (QED) is 0.184. The van der Waals surface area contributed by atoms with Crippen LogP contribution in [0.25, 0.3) is 16.3 Å². The van der Waals surface area contributed by atoms with Gasteiger partial charge >= 0.3 is 0 Å². The lowest BCUT2D eigenvalue weighted by Gasteiger charge is -2.10. The zero-order chi connectivity index (χ0) is 32.9. The van der Waals surface area contributed by atoms with Crippen molar-refractivity contribution in [1.82, 2.24) is 0 Å². The minimum atomic E-state index is 0. The highest BCUT2D eigenvalue weighted by Gasteiger charge is 2.12. The van der Waals surface area contributed by atoms with Crippen molar-refractivity contribution in [3.8, 4) is 23.0 Å². The summed E-state index contributed by atoms with van der Waals surface area (Å²) in [5, 5.41) is 2.67. The molecule has 1 radical (unpaired) electrons. The summed E-state index contributed by atoms with van der Waals surface area (Å²) in [6.45, 7) is 16.8. The van der Waals surface area contributed by atoms with E-state index in [0.29, 0.717) is 0 Å². The molecule has 6 rings (SSSR count). The Kier molecular flexibility index (Phi) is 17.6. The fourth-order valence-electron chi connectivity index (χ4n) is 4.16. The van der Waals surface area contributed by atoms with E-state index in [2.05, 4.69) is 121 Å². The van der Waals surface area contributed by atoms with E-state index in [0.717, 1.165) is 35.8 Å². The molecule has 1 aliphatic rings. The first-order chi connectivity index (χ1) is 22.0. The zero-order valence-electron chi connectivity index (χ0n) is 28.8. The number of hydrogen-bond acceptors (Lipinski definition) is 2. The molecule has 0 aliphatic heterocycles. The molecule has 0 saturated heterocycles. The van der Waals surface area contributed by atoms with Gasteiger partial charge in [-0.3, -0.25) is 0 Å². The number of fused-ring (bicyclic) bond motifs is 1. The van der Waals surface area contributed by atoms with Crippen LogP contribution in [-0.2, 0) is 12.8 Å². The van der Waals surface area contributed by atoms with Gasteiger partial charge in [-0.25, -0.2) is 0 Å². The normalized spacial score (nSPS) is 10.6. The molecule has 0 amide bonds. The molecule has 0 bridgehead atoms. The Morgan fingerprint density at radius 3 is 1.36 bits per heavy atom. The second-order valence-electron chi connectivity index (χ2n) is 10.4. The first kappa shape index (κ1) is 36.9. The number of allylic oxidation sites excluding steroid dienone is 2. The summed E-state index contributed by atoms with van der Waals surface area (Å²) >= 11 is 0. The lowest BCUT2D eigenvalue weighted by Crippen LogP contribution is -1.88. The summed E-state index contributed by atoms with van der Waals surface area (Å²) in [5.74, 6) is 3.19. The molecular weight excluding hydrogens is 548 g/mol. The molecule has 0 N–H and O–H groups in total. The predicted molar refractivity (Wildman–Crippen MR) is 200 cm³/mol. The molecule has 5 aromatic rings. The molecule has 239 valence electrons. The minimum absolute atomic E-state index is 0. The van der Waals surface area contributed by atoms with Crippen LogP contribution in [0.1, 0.15) is 86.3 Å². The van der Waals surface area contributed by atoms with Crippen molar-refractivity contribution in [2.45, 2.75) is 81.1 Å². The molecule has 2 heteroatoms. The summed E-state index contributed by atoms with van der Waals surface area (Å²) in [7, 11) is 0.